The molecule has 0 atom stereocenters. The second-order valence-electron chi connectivity index (χ2n) is 6.15. The van der Waals surface area contributed by atoms with Crippen molar-refractivity contribution in [1.29, 1.82) is 0 Å². The van der Waals surface area contributed by atoms with Gasteiger partial charge in [0.25, 0.3) is 0 Å². The third kappa shape index (κ3) is 4.24. The van der Waals surface area contributed by atoms with Crippen LogP contribution in [0.15, 0.2) is 24.3 Å². The van der Waals surface area contributed by atoms with Crippen molar-refractivity contribution in [2.24, 2.45) is 0 Å². The van der Waals surface area contributed by atoms with Crippen LogP contribution in [0, 0.1) is 0 Å². The molecule has 1 aliphatic rings. The molecule has 0 aliphatic heterocycles. The van der Waals surface area contributed by atoms with E-state index in [4.69, 9.17) is 4.74 Å². The average Bonchev–Trinajstić information content (AvgIpc) is 3.07. The van der Waals surface area contributed by atoms with Crippen molar-refractivity contribution in [1.82, 2.24) is 10.6 Å². The first-order valence-corrected chi connectivity index (χ1v) is 8.32. The molecule has 0 bridgehead atoms. The summed E-state index contributed by atoms with van der Waals surface area (Å²) in [6.07, 6.45) is 5.15. The Morgan fingerprint density at radius 3 is 2.26 bits per heavy atom. The van der Waals surface area contributed by atoms with E-state index in [9.17, 15) is 9.59 Å². The van der Waals surface area contributed by atoms with Crippen LogP contribution >= 0.6 is 0 Å². The van der Waals surface area contributed by atoms with E-state index < -0.39 is 11.8 Å². The topological polar surface area (TPSA) is 67.4 Å². The van der Waals surface area contributed by atoms with Gasteiger partial charge in [-0.15, -0.1) is 0 Å². The molecule has 0 unspecified atom stereocenters. The molecule has 0 radical (unpaired) electrons. The quantitative estimate of drug-likeness (QED) is 0.790. The monoisotopic (exact) mass is 318 g/mol. The Balaban J connectivity index is 2.03. The van der Waals surface area contributed by atoms with Crippen LogP contribution in [0.3, 0.4) is 0 Å². The molecule has 5 heteroatoms. The SMILES string of the molecule is CCCNC(=O)C(=O)NCC1(c2ccc(OC)cc2)CCCC1. The summed E-state index contributed by atoms with van der Waals surface area (Å²) in [5.41, 5.74) is 1.12. The van der Waals surface area contributed by atoms with E-state index in [2.05, 4.69) is 22.8 Å². The Hall–Kier alpha value is -2.04. The van der Waals surface area contributed by atoms with Gasteiger partial charge in [0.2, 0.25) is 0 Å². The number of carbonyl (C=O) groups excluding carboxylic acids is 2. The maximum absolute atomic E-state index is 11.9. The van der Waals surface area contributed by atoms with Gasteiger partial charge in [-0.3, -0.25) is 9.59 Å². The van der Waals surface area contributed by atoms with Gasteiger partial charge >= 0.3 is 11.8 Å². The minimum absolute atomic E-state index is 0.0764. The molecule has 0 heterocycles. The van der Waals surface area contributed by atoms with E-state index in [-0.39, 0.29) is 5.41 Å². The maximum Gasteiger partial charge on any atom is 0.309 e. The molecule has 1 saturated carbocycles. The lowest BCUT2D eigenvalue weighted by Crippen LogP contribution is -2.45. The summed E-state index contributed by atoms with van der Waals surface area (Å²) >= 11 is 0. The summed E-state index contributed by atoms with van der Waals surface area (Å²) < 4.78 is 5.21. The van der Waals surface area contributed by atoms with E-state index in [0.717, 1.165) is 37.9 Å². The lowest BCUT2D eigenvalue weighted by Gasteiger charge is -2.30. The zero-order valence-corrected chi connectivity index (χ0v) is 14.0. The van der Waals surface area contributed by atoms with Crippen LogP contribution in [0.2, 0.25) is 0 Å². The normalized spacial score (nSPS) is 15.9. The lowest BCUT2D eigenvalue weighted by molar-refractivity contribution is -0.139. The minimum atomic E-state index is -0.547. The smallest absolute Gasteiger partial charge is 0.309 e. The van der Waals surface area contributed by atoms with Crippen LogP contribution in [0.4, 0.5) is 0 Å². The number of rotatable bonds is 6. The van der Waals surface area contributed by atoms with Gasteiger partial charge in [-0.1, -0.05) is 31.9 Å². The van der Waals surface area contributed by atoms with E-state index in [0.29, 0.717) is 13.1 Å². The number of hydrogen-bond donors (Lipinski definition) is 2. The maximum atomic E-state index is 11.9. The fraction of sp³-hybridized carbons (Fsp3) is 0.556. The van der Waals surface area contributed by atoms with Crippen LogP contribution in [-0.4, -0.2) is 32.0 Å². The predicted octanol–water partition coefficient (Wildman–Crippen LogP) is 2.15. The molecule has 0 saturated heterocycles. The summed E-state index contributed by atoms with van der Waals surface area (Å²) in [6.45, 7) is 2.98. The molecule has 5 nitrogen and oxygen atoms in total. The zero-order chi connectivity index (χ0) is 16.7. The highest BCUT2D eigenvalue weighted by Crippen LogP contribution is 2.41. The molecule has 2 N–H and O–H groups in total. The molecule has 2 rings (SSSR count). The average molecular weight is 318 g/mol. The molecule has 1 fully saturated rings. The van der Waals surface area contributed by atoms with Crippen LogP contribution in [0.1, 0.15) is 44.6 Å². The van der Waals surface area contributed by atoms with Crippen molar-refractivity contribution in [3.63, 3.8) is 0 Å². The summed E-state index contributed by atoms with van der Waals surface area (Å²) in [5, 5.41) is 5.43. The van der Waals surface area contributed by atoms with Crippen LogP contribution in [0.25, 0.3) is 0 Å². The van der Waals surface area contributed by atoms with Gasteiger partial charge in [-0.05, 0) is 37.0 Å². The third-order valence-electron chi connectivity index (χ3n) is 4.59. The number of methoxy groups -OCH3 is 1. The fourth-order valence-electron chi connectivity index (χ4n) is 3.21. The number of benzene rings is 1. The Morgan fingerprint density at radius 1 is 1.09 bits per heavy atom. The van der Waals surface area contributed by atoms with Crippen molar-refractivity contribution in [3.05, 3.63) is 29.8 Å². The molecule has 0 aromatic heterocycles. The Bertz CT molecular complexity index is 534. The van der Waals surface area contributed by atoms with Gasteiger partial charge in [0.15, 0.2) is 0 Å². The van der Waals surface area contributed by atoms with Gasteiger partial charge in [0.1, 0.15) is 5.75 Å². The highest BCUT2D eigenvalue weighted by molar-refractivity contribution is 6.35. The number of hydrogen-bond acceptors (Lipinski definition) is 3. The van der Waals surface area contributed by atoms with E-state index >= 15 is 0 Å². The Morgan fingerprint density at radius 2 is 1.70 bits per heavy atom. The van der Waals surface area contributed by atoms with Gasteiger partial charge in [0.05, 0.1) is 7.11 Å². The number of nitrogens with one attached hydrogen (secondary N) is 2. The van der Waals surface area contributed by atoms with E-state index in [1.165, 1.54) is 5.56 Å². The Kier molecular flexibility index (Phi) is 6.02. The zero-order valence-electron chi connectivity index (χ0n) is 14.0. The van der Waals surface area contributed by atoms with Gasteiger partial charge in [0, 0.05) is 18.5 Å². The van der Waals surface area contributed by atoms with Gasteiger partial charge < -0.3 is 15.4 Å². The first kappa shape index (κ1) is 17.3. The highest BCUT2D eigenvalue weighted by Gasteiger charge is 2.36. The van der Waals surface area contributed by atoms with Crippen molar-refractivity contribution in [2.75, 3.05) is 20.2 Å². The van der Waals surface area contributed by atoms with E-state index in [1.54, 1.807) is 7.11 Å². The van der Waals surface area contributed by atoms with Crippen LogP contribution in [0.5, 0.6) is 5.75 Å². The predicted molar refractivity (Wildman–Crippen MR) is 89.5 cm³/mol. The second kappa shape index (κ2) is 7.99. The molecule has 126 valence electrons. The fourth-order valence-corrected chi connectivity index (χ4v) is 3.21. The largest absolute Gasteiger partial charge is 0.497 e. The third-order valence-corrected chi connectivity index (χ3v) is 4.59. The van der Waals surface area contributed by atoms with Crippen molar-refractivity contribution in [2.45, 2.75) is 44.4 Å². The number of carbonyl (C=O) groups is 2. The molecular weight excluding hydrogens is 292 g/mol. The van der Waals surface area contributed by atoms with E-state index in [1.807, 2.05) is 19.1 Å². The summed E-state index contributed by atoms with van der Waals surface area (Å²) in [5.74, 6) is -0.266. The standard InChI is InChI=1S/C18H26N2O3/c1-3-12-19-16(21)17(22)20-13-18(10-4-5-11-18)14-6-8-15(23-2)9-7-14/h6-9H,3-5,10-13H2,1-2H3,(H,19,21)(H,20,22). The van der Waals surface area contributed by atoms with Gasteiger partial charge in [-0.25, -0.2) is 0 Å². The second-order valence-corrected chi connectivity index (χ2v) is 6.15. The number of amides is 2. The van der Waals surface area contributed by atoms with Crippen molar-refractivity contribution in [3.8, 4) is 5.75 Å². The summed E-state index contributed by atoms with van der Waals surface area (Å²) in [4.78, 5) is 23.6. The summed E-state index contributed by atoms with van der Waals surface area (Å²) in [7, 11) is 1.65. The molecule has 23 heavy (non-hydrogen) atoms. The minimum Gasteiger partial charge on any atom is -0.497 e. The molecule has 2 amide bonds. The van der Waals surface area contributed by atoms with Gasteiger partial charge in [-0.2, -0.15) is 0 Å². The first-order valence-electron chi connectivity index (χ1n) is 8.32. The van der Waals surface area contributed by atoms with Crippen LogP contribution < -0.4 is 15.4 Å². The molecule has 0 spiro atoms. The molecular formula is C18H26N2O3. The first-order chi connectivity index (χ1) is 11.1. The summed E-state index contributed by atoms with van der Waals surface area (Å²) in [6, 6.07) is 8.03. The Labute approximate surface area is 137 Å². The highest BCUT2D eigenvalue weighted by atomic mass is 16.5. The van der Waals surface area contributed by atoms with Crippen molar-refractivity contribution < 1.29 is 14.3 Å². The molecule has 1 aromatic rings. The lowest BCUT2D eigenvalue weighted by atomic mass is 9.78. The molecule has 1 aromatic carbocycles. The van der Waals surface area contributed by atoms with Crippen LogP contribution in [-0.2, 0) is 15.0 Å². The molecule has 1 aliphatic carbocycles. The number of ether oxygens (including phenoxy) is 1. The van der Waals surface area contributed by atoms with Crippen molar-refractivity contribution >= 4 is 11.8 Å².